The highest BCUT2D eigenvalue weighted by atomic mass is 19.1. The number of carbonyl (C=O) groups is 1. The van der Waals surface area contributed by atoms with Crippen LogP contribution in [-0.4, -0.2) is 27.1 Å². The summed E-state index contributed by atoms with van der Waals surface area (Å²) in [5.41, 5.74) is 0.587. The van der Waals surface area contributed by atoms with Crippen LogP contribution in [-0.2, 0) is 4.74 Å². The molecule has 0 aliphatic carbocycles. The lowest BCUT2D eigenvalue weighted by Gasteiger charge is -2.15. The number of unbranched alkanes of at least 4 members (excludes halogenated alkanes) is 9. The topological polar surface area (TPSA) is 57.0 Å². The van der Waals surface area contributed by atoms with E-state index in [-0.39, 0.29) is 11.7 Å². The largest absolute Gasteiger partial charge is 0.461 e. The Bertz CT molecular complexity index is 718. The Labute approximate surface area is 173 Å². The quantitative estimate of drug-likeness (QED) is 0.282. The minimum absolute atomic E-state index is 0.143. The number of hydrogen-bond acceptors (Lipinski definition) is 4. The second-order valence-electron chi connectivity index (χ2n) is 7.54. The first-order chi connectivity index (χ1) is 14.1. The van der Waals surface area contributed by atoms with E-state index in [1.54, 1.807) is 6.20 Å². The number of pyridine rings is 1. The number of halogens is 1. The Hall–Kier alpha value is -2.24. The third-order valence-electron chi connectivity index (χ3n) is 5.21. The molecule has 6 heteroatoms. The van der Waals surface area contributed by atoms with E-state index in [2.05, 4.69) is 16.9 Å². The summed E-state index contributed by atoms with van der Waals surface area (Å²) in [6, 6.07) is 5.19. The molecule has 1 atom stereocenters. The minimum atomic E-state index is -0.805. The monoisotopic (exact) mass is 403 g/mol. The van der Waals surface area contributed by atoms with Gasteiger partial charge in [-0.1, -0.05) is 70.8 Å². The fourth-order valence-electron chi connectivity index (χ4n) is 3.41. The van der Waals surface area contributed by atoms with Crippen molar-refractivity contribution in [3.05, 3.63) is 48.1 Å². The summed E-state index contributed by atoms with van der Waals surface area (Å²) >= 11 is 0. The molecule has 2 heterocycles. The van der Waals surface area contributed by atoms with Crippen molar-refractivity contribution in [1.29, 1.82) is 0 Å². The number of carbonyl (C=O) groups excluding carboxylic acids is 1. The summed E-state index contributed by atoms with van der Waals surface area (Å²) < 4.78 is 20.9. The number of hydrogen-bond donors (Lipinski definition) is 0. The molecular weight excluding hydrogens is 369 g/mol. The molecular formula is C23H34FN3O2. The van der Waals surface area contributed by atoms with Crippen LogP contribution >= 0.6 is 0 Å². The predicted molar refractivity (Wildman–Crippen MR) is 112 cm³/mol. The Kier molecular flexibility index (Phi) is 10.4. The number of nitrogens with zero attached hydrogens (tertiary/aromatic N) is 3. The number of ether oxygens (including phenoxy) is 1. The van der Waals surface area contributed by atoms with Crippen molar-refractivity contribution in [1.82, 2.24) is 14.5 Å². The third kappa shape index (κ3) is 7.59. The normalized spacial score (nSPS) is 12.1. The van der Waals surface area contributed by atoms with Crippen molar-refractivity contribution in [2.24, 2.45) is 0 Å². The van der Waals surface area contributed by atoms with E-state index in [1.807, 2.05) is 25.1 Å². The molecule has 0 spiro atoms. The number of esters is 1. The lowest BCUT2D eigenvalue weighted by atomic mass is 10.1. The van der Waals surface area contributed by atoms with Crippen LogP contribution in [0.2, 0.25) is 0 Å². The molecule has 0 saturated heterocycles. The Balaban J connectivity index is 1.70. The molecule has 2 rings (SSSR count). The molecule has 2 aromatic heterocycles. The van der Waals surface area contributed by atoms with E-state index < -0.39 is 11.9 Å². The van der Waals surface area contributed by atoms with Crippen LogP contribution in [0.3, 0.4) is 0 Å². The van der Waals surface area contributed by atoms with Gasteiger partial charge < -0.3 is 9.30 Å². The van der Waals surface area contributed by atoms with Gasteiger partial charge in [-0.3, -0.25) is 4.98 Å². The number of aromatic nitrogens is 3. The molecule has 29 heavy (non-hydrogen) atoms. The van der Waals surface area contributed by atoms with Gasteiger partial charge in [0, 0.05) is 6.20 Å². The van der Waals surface area contributed by atoms with Gasteiger partial charge in [0.15, 0.2) is 5.69 Å². The molecule has 5 nitrogen and oxygen atoms in total. The van der Waals surface area contributed by atoms with Crippen molar-refractivity contribution in [3.63, 3.8) is 0 Å². The molecule has 0 aliphatic rings. The van der Waals surface area contributed by atoms with Gasteiger partial charge in [-0.2, -0.15) is 4.39 Å². The number of imidazole rings is 1. The first kappa shape index (κ1) is 23.0. The third-order valence-corrected chi connectivity index (χ3v) is 5.21. The maximum atomic E-state index is 14.1. The van der Waals surface area contributed by atoms with Crippen molar-refractivity contribution >= 4 is 5.97 Å². The molecule has 0 radical (unpaired) electrons. The van der Waals surface area contributed by atoms with Gasteiger partial charge in [0.2, 0.25) is 5.95 Å². The van der Waals surface area contributed by atoms with Gasteiger partial charge in [-0.05, 0) is 25.5 Å². The van der Waals surface area contributed by atoms with Crippen molar-refractivity contribution in [2.45, 2.75) is 84.1 Å². The van der Waals surface area contributed by atoms with Crippen LogP contribution in [0.25, 0.3) is 0 Å². The van der Waals surface area contributed by atoms with Gasteiger partial charge in [-0.25, -0.2) is 9.78 Å². The van der Waals surface area contributed by atoms with Crippen LogP contribution in [0.15, 0.2) is 30.7 Å². The van der Waals surface area contributed by atoms with Gasteiger partial charge in [0.05, 0.1) is 24.7 Å². The molecule has 0 fully saturated rings. The molecule has 0 amide bonds. The second kappa shape index (κ2) is 13.1. The molecule has 0 aliphatic heterocycles. The molecule has 0 bridgehead atoms. The van der Waals surface area contributed by atoms with Crippen LogP contribution < -0.4 is 0 Å². The van der Waals surface area contributed by atoms with Gasteiger partial charge in [-0.15, -0.1) is 0 Å². The highest BCUT2D eigenvalue weighted by Crippen LogP contribution is 2.20. The molecule has 0 unspecified atom stereocenters. The van der Waals surface area contributed by atoms with E-state index in [9.17, 15) is 9.18 Å². The first-order valence-electron chi connectivity index (χ1n) is 11.0. The lowest BCUT2D eigenvalue weighted by molar-refractivity contribution is 0.0477. The fraction of sp³-hybridized carbons (Fsp3) is 0.609. The van der Waals surface area contributed by atoms with E-state index in [0.717, 1.165) is 25.0 Å². The van der Waals surface area contributed by atoms with E-state index in [4.69, 9.17) is 4.74 Å². The highest BCUT2D eigenvalue weighted by Gasteiger charge is 2.24. The maximum absolute atomic E-state index is 14.1. The molecule has 0 N–H and O–H groups in total. The molecule has 0 saturated carbocycles. The molecule has 0 aromatic carbocycles. The second-order valence-corrected chi connectivity index (χ2v) is 7.54. The average Bonchev–Trinajstić information content (AvgIpc) is 3.13. The maximum Gasteiger partial charge on any atom is 0.359 e. The van der Waals surface area contributed by atoms with Crippen LogP contribution in [0.5, 0.6) is 0 Å². The molecule has 2 aromatic rings. The van der Waals surface area contributed by atoms with Crippen LogP contribution in [0.4, 0.5) is 4.39 Å². The number of rotatable bonds is 14. The van der Waals surface area contributed by atoms with E-state index in [1.165, 1.54) is 55.8 Å². The SMILES string of the molecule is CCCCCCCCCCCCOC(=O)c1c(F)ncn1[C@H](C)c1ccccn1. The fourth-order valence-corrected chi connectivity index (χ4v) is 3.41. The smallest absolute Gasteiger partial charge is 0.359 e. The van der Waals surface area contributed by atoms with Crippen molar-refractivity contribution in [2.75, 3.05) is 6.61 Å². The zero-order valence-electron chi connectivity index (χ0n) is 17.8. The van der Waals surface area contributed by atoms with Crippen molar-refractivity contribution in [3.8, 4) is 0 Å². The van der Waals surface area contributed by atoms with Crippen LogP contribution in [0.1, 0.15) is 100 Å². The van der Waals surface area contributed by atoms with E-state index >= 15 is 0 Å². The Morgan fingerprint density at radius 3 is 2.31 bits per heavy atom. The Morgan fingerprint density at radius 1 is 1.03 bits per heavy atom. The zero-order chi connectivity index (χ0) is 20.9. The zero-order valence-corrected chi connectivity index (χ0v) is 17.8. The summed E-state index contributed by atoms with van der Waals surface area (Å²) in [6.45, 7) is 4.39. The standard InChI is InChI=1S/C23H34FN3O2/c1-3-4-5-6-7-8-9-10-11-14-17-29-23(28)21-22(24)26-18-27(21)19(2)20-15-12-13-16-25-20/h12-13,15-16,18-19H,3-11,14,17H2,1-2H3/t19-/m1/s1. The van der Waals surface area contributed by atoms with Gasteiger partial charge >= 0.3 is 5.97 Å². The van der Waals surface area contributed by atoms with Crippen molar-refractivity contribution < 1.29 is 13.9 Å². The lowest BCUT2D eigenvalue weighted by Crippen LogP contribution is -2.18. The first-order valence-corrected chi connectivity index (χ1v) is 11.0. The minimum Gasteiger partial charge on any atom is -0.461 e. The van der Waals surface area contributed by atoms with Gasteiger partial charge in [0.25, 0.3) is 0 Å². The highest BCUT2D eigenvalue weighted by molar-refractivity contribution is 5.87. The summed E-state index contributed by atoms with van der Waals surface area (Å²) in [4.78, 5) is 20.3. The Morgan fingerprint density at radius 2 is 1.69 bits per heavy atom. The van der Waals surface area contributed by atoms with Gasteiger partial charge in [0.1, 0.15) is 0 Å². The summed E-state index contributed by atoms with van der Waals surface area (Å²) in [5, 5.41) is 0. The van der Waals surface area contributed by atoms with E-state index in [0.29, 0.717) is 6.61 Å². The summed E-state index contributed by atoms with van der Waals surface area (Å²) in [7, 11) is 0. The predicted octanol–water partition coefficient (Wildman–Crippen LogP) is 6.10. The summed E-state index contributed by atoms with van der Waals surface area (Å²) in [6.07, 6.45) is 15.1. The van der Waals surface area contributed by atoms with Crippen LogP contribution in [0, 0.1) is 5.95 Å². The average molecular weight is 404 g/mol. The summed E-state index contributed by atoms with van der Waals surface area (Å²) in [5.74, 6) is -1.47. The molecule has 160 valence electrons.